The zero-order valence-corrected chi connectivity index (χ0v) is 10.6. The van der Waals surface area contributed by atoms with Gasteiger partial charge in [-0.05, 0) is 24.5 Å². The molecule has 2 nitrogen and oxygen atoms in total. The number of pyridine rings is 1. The first kappa shape index (κ1) is 14.7. The van der Waals surface area contributed by atoms with Crippen molar-refractivity contribution in [3.8, 4) is 12.3 Å². The minimum Gasteiger partial charge on any atom is -0.372 e. The number of hydrogen-bond donors (Lipinski definition) is 1. The van der Waals surface area contributed by atoms with Crippen LogP contribution in [0, 0.1) is 12.3 Å². The summed E-state index contributed by atoms with van der Waals surface area (Å²) in [6.07, 6.45) is 8.32. The number of aromatic nitrogens is 1. The average Bonchev–Trinajstić information content (AvgIpc) is 2.74. The number of aryl methyl sites for hydroxylation is 1. The van der Waals surface area contributed by atoms with Crippen molar-refractivity contribution in [2.75, 3.05) is 0 Å². The Morgan fingerprint density at radius 2 is 2.00 bits per heavy atom. The molecular formula is C14H21NO. The molecule has 1 N–H and O–H groups in total. The van der Waals surface area contributed by atoms with Crippen molar-refractivity contribution in [3.63, 3.8) is 0 Å². The first-order valence-electron chi connectivity index (χ1n) is 5.91. The minimum absolute atomic E-state index is 0.593. The standard InChI is InChI=1S/C10H9NO.2C2H6/c1-2-10(12)6-5-8-4-3-7-11-9(8)10;2*1-2/h1,3-4,7,12H,5-6H2;2*1-2H3. The van der Waals surface area contributed by atoms with Crippen molar-refractivity contribution >= 4 is 0 Å². The fraction of sp³-hybridized carbons (Fsp3) is 0.500. The number of nitrogens with zero attached hydrogens (tertiary/aromatic N) is 1. The molecule has 0 saturated carbocycles. The Bertz CT molecular complexity index is 354. The zero-order chi connectivity index (χ0) is 12.6. The SMILES string of the molecule is C#CC1(O)CCc2cccnc21.CC.CC. The summed E-state index contributed by atoms with van der Waals surface area (Å²) in [5.74, 6) is 2.39. The Morgan fingerprint density at radius 1 is 1.38 bits per heavy atom. The highest BCUT2D eigenvalue weighted by Crippen LogP contribution is 2.33. The fourth-order valence-electron chi connectivity index (χ4n) is 1.59. The number of fused-ring (bicyclic) bond motifs is 1. The van der Waals surface area contributed by atoms with E-state index in [1.165, 1.54) is 0 Å². The molecule has 0 radical (unpaired) electrons. The molecule has 0 bridgehead atoms. The smallest absolute Gasteiger partial charge is 0.167 e. The molecule has 1 atom stereocenters. The van der Waals surface area contributed by atoms with Crippen molar-refractivity contribution in [3.05, 3.63) is 29.6 Å². The molecule has 2 heteroatoms. The molecular weight excluding hydrogens is 198 g/mol. The van der Waals surface area contributed by atoms with Gasteiger partial charge in [0.2, 0.25) is 0 Å². The maximum atomic E-state index is 9.85. The van der Waals surface area contributed by atoms with E-state index in [1.54, 1.807) is 6.20 Å². The van der Waals surface area contributed by atoms with Gasteiger partial charge in [0, 0.05) is 6.20 Å². The number of rotatable bonds is 0. The lowest BCUT2D eigenvalue weighted by Crippen LogP contribution is -2.20. The van der Waals surface area contributed by atoms with Gasteiger partial charge in [0.1, 0.15) is 0 Å². The van der Waals surface area contributed by atoms with E-state index in [0.717, 1.165) is 12.0 Å². The fourth-order valence-corrected chi connectivity index (χ4v) is 1.59. The van der Waals surface area contributed by atoms with E-state index in [4.69, 9.17) is 6.42 Å². The summed E-state index contributed by atoms with van der Waals surface area (Å²) < 4.78 is 0. The Kier molecular flexibility index (Phi) is 6.44. The van der Waals surface area contributed by atoms with Crippen LogP contribution in [0.3, 0.4) is 0 Å². The summed E-state index contributed by atoms with van der Waals surface area (Å²) in [5, 5.41) is 9.85. The van der Waals surface area contributed by atoms with E-state index in [-0.39, 0.29) is 0 Å². The highest BCUT2D eigenvalue weighted by atomic mass is 16.3. The van der Waals surface area contributed by atoms with Gasteiger partial charge in [0.25, 0.3) is 0 Å². The van der Waals surface area contributed by atoms with Crippen LogP contribution in [0.15, 0.2) is 18.3 Å². The summed E-state index contributed by atoms with van der Waals surface area (Å²) in [6.45, 7) is 8.00. The minimum atomic E-state index is -1.11. The molecule has 0 spiro atoms. The lowest BCUT2D eigenvalue weighted by atomic mass is 10.0. The predicted molar refractivity (Wildman–Crippen MR) is 68.0 cm³/mol. The van der Waals surface area contributed by atoms with Crippen molar-refractivity contribution in [2.45, 2.75) is 46.1 Å². The Labute approximate surface area is 98.7 Å². The van der Waals surface area contributed by atoms with E-state index in [2.05, 4.69) is 10.9 Å². The molecule has 0 fully saturated rings. The molecule has 1 aromatic heterocycles. The first-order chi connectivity index (χ1) is 7.76. The largest absolute Gasteiger partial charge is 0.372 e. The van der Waals surface area contributed by atoms with Gasteiger partial charge >= 0.3 is 0 Å². The van der Waals surface area contributed by atoms with Gasteiger partial charge in [-0.25, -0.2) is 0 Å². The number of aliphatic hydroxyl groups is 1. The van der Waals surface area contributed by atoms with Gasteiger partial charge in [0.15, 0.2) is 5.60 Å². The molecule has 0 aliphatic heterocycles. The molecule has 16 heavy (non-hydrogen) atoms. The van der Waals surface area contributed by atoms with Crippen LogP contribution in [-0.4, -0.2) is 10.1 Å². The molecule has 0 amide bonds. The van der Waals surface area contributed by atoms with Crippen LogP contribution < -0.4 is 0 Å². The van der Waals surface area contributed by atoms with Gasteiger partial charge in [-0.15, -0.1) is 6.42 Å². The Hall–Kier alpha value is -1.33. The summed E-state index contributed by atoms with van der Waals surface area (Å²) in [5.41, 5.74) is 0.613. The number of terminal acetylenes is 1. The van der Waals surface area contributed by atoms with Crippen LogP contribution in [0.25, 0.3) is 0 Å². The van der Waals surface area contributed by atoms with Gasteiger partial charge < -0.3 is 5.11 Å². The third kappa shape index (κ3) is 2.84. The third-order valence-electron chi connectivity index (χ3n) is 2.28. The highest BCUT2D eigenvalue weighted by molar-refractivity contribution is 5.36. The Morgan fingerprint density at radius 3 is 2.56 bits per heavy atom. The zero-order valence-electron chi connectivity index (χ0n) is 10.6. The van der Waals surface area contributed by atoms with Crippen LogP contribution in [0.5, 0.6) is 0 Å². The predicted octanol–water partition coefficient (Wildman–Crippen LogP) is 2.90. The van der Waals surface area contributed by atoms with Crippen LogP contribution >= 0.6 is 0 Å². The summed E-state index contributed by atoms with van der Waals surface area (Å²) in [6, 6.07) is 3.82. The first-order valence-corrected chi connectivity index (χ1v) is 5.91. The summed E-state index contributed by atoms with van der Waals surface area (Å²) in [7, 11) is 0. The second-order valence-electron chi connectivity index (χ2n) is 3.02. The third-order valence-corrected chi connectivity index (χ3v) is 2.28. The second kappa shape index (κ2) is 7.03. The molecule has 0 saturated heterocycles. The van der Waals surface area contributed by atoms with Gasteiger partial charge in [-0.2, -0.15) is 0 Å². The quantitative estimate of drug-likeness (QED) is 0.681. The van der Waals surface area contributed by atoms with Crippen molar-refractivity contribution < 1.29 is 5.11 Å². The highest BCUT2D eigenvalue weighted by Gasteiger charge is 2.35. The monoisotopic (exact) mass is 219 g/mol. The van der Waals surface area contributed by atoms with Crippen molar-refractivity contribution in [1.82, 2.24) is 4.98 Å². The van der Waals surface area contributed by atoms with E-state index >= 15 is 0 Å². The van der Waals surface area contributed by atoms with Gasteiger partial charge in [-0.1, -0.05) is 39.7 Å². The maximum absolute atomic E-state index is 9.85. The van der Waals surface area contributed by atoms with Crippen LogP contribution in [0.1, 0.15) is 45.4 Å². The molecule has 1 heterocycles. The maximum Gasteiger partial charge on any atom is 0.167 e. The normalized spacial score (nSPS) is 20.5. The van der Waals surface area contributed by atoms with E-state index in [9.17, 15) is 5.11 Å². The second-order valence-corrected chi connectivity index (χ2v) is 3.02. The molecule has 1 unspecified atom stereocenters. The molecule has 1 aromatic rings. The van der Waals surface area contributed by atoms with Crippen molar-refractivity contribution in [2.24, 2.45) is 0 Å². The molecule has 1 aliphatic rings. The van der Waals surface area contributed by atoms with Crippen LogP contribution in [-0.2, 0) is 12.0 Å². The molecule has 2 rings (SSSR count). The van der Waals surface area contributed by atoms with Crippen LogP contribution in [0.2, 0.25) is 0 Å². The van der Waals surface area contributed by atoms with Crippen LogP contribution in [0.4, 0.5) is 0 Å². The van der Waals surface area contributed by atoms with Crippen molar-refractivity contribution in [1.29, 1.82) is 0 Å². The summed E-state index contributed by atoms with van der Waals surface area (Å²) >= 11 is 0. The average molecular weight is 219 g/mol. The van der Waals surface area contributed by atoms with E-state index < -0.39 is 5.60 Å². The summed E-state index contributed by atoms with van der Waals surface area (Å²) in [4.78, 5) is 4.09. The van der Waals surface area contributed by atoms with Gasteiger partial charge in [-0.3, -0.25) is 4.98 Å². The topological polar surface area (TPSA) is 33.1 Å². The van der Waals surface area contributed by atoms with E-state index in [0.29, 0.717) is 12.1 Å². The van der Waals surface area contributed by atoms with E-state index in [1.807, 2.05) is 39.8 Å². The lowest BCUT2D eigenvalue weighted by molar-refractivity contribution is 0.0984. The lowest BCUT2D eigenvalue weighted by Gasteiger charge is -2.14. The number of hydrogen-bond acceptors (Lipinski definition) is 2. The molecule has 88 valence electrons. The molecule has 1 aliphatic carbocycles. The van der Waals surface area contributed by atoms with Gasteiger partial charge in [0.05, 0.1) is 5.69 Å². The Balaban J connectivity index is 0.000000509. The molecule has 0 aromatic carbocycles.